The summed E-state index contributed by atoms with van der Waals surface area (Å²) in [7, 11) is 0. The second kappa shape index (κ2) is 25.2. The summed E-state index contributed by atoms with van der Waals surface area (Å²) >= 11 is 1.84. The summed E-state index contributed by atoms with van der Waals surface area (Å²) in [6, 6.07) is 110. The van der Waals surface area contributed by atoms with Crippen LogP contribution >= 0.6 is 11.3 Å². The normalized spacial score (nSPS) is 15.0. The van der Waals surface area contributed by atoms with Crippen molar-refractivity contribution in [3.05, 3.63) is 392 Å². The number of nitrogens with zero attached hydrogens (tertiary/aromatic N) is 4. The fraction of sp³-hybridized carbons (Fsp3) is 0.0200. The lowest BCUT2D eigenvalue weighted by Gasteiger charge is -2.40. The van der Waals surface area contributed by atoms with Crippen LogP contribution in [-0.4, -0.2) is 19.9 Å². The van der Waals surface area contributed by atoms with Crippen LogP contribution in [0.1, 0.15) is 5.56 Å². The molecular weight excluding hydrogens is 1310 g/mol. The molecule has 0 saturated heterocycles. The lowest BCUT2D eigenvalue weighted by Crippen LogP contribution is -2.29. The minimum atomic E-state index is 0.354. The number of benzene rings is 14. The molecule has 4 aliphatic rings. The molecule has 0 aliphatic heterocycles. The van der Waals surface area contributed by atoms with Crippen molar-refractivity contribution in [2.24, 2.45) is 11.8 Å². The van der Waals surface area contributed by atoms with Gasteiger partial charge in [0.05, 0.1) is 22.8 Å². The Morgan fingerprint density at radius 3 is 1.42 bits per heavy atom. The number of furan rings is 1. The van der Waals surface area contributed by atoms with E-state index in [0.29, 0.717) is 17.7 Å². The number of fused-ring (bicyclic) bond motifs is 6. The average molecular weight is 1370 g/mol. The Morgan fingerprint density at radius 2 is 0.764 bits per heavy atom. The zero-order chi connectivity index (χ0) is 69.8. The fourth-order valence-electron chi connectivity index (χ4n) is 16.8. The molecule has 22 rings (SSSR count). The van der Waals surface area contributed by atoms with Gasteiger partial charge < -0.3 is 4.42 Å². The molecule has 0 fully saturated rings. The summed E-state index contributed by atoms with van der Waals surface area (Å²) in [5.74, 6) is 2.15. The van der Waals surface area contributed by atoms with E-state index in [4.69, 9.17) is 24.4 Å². The van der Waals surface area contributed by atoms with Crippen molar-refractivity contribution in [3.63, 3.8) is 0 Å². The molecule has 4 aromatic heterocycles. The first kappa shape index (κ1) is 61.2. The van der Waals surface area contributed by atoms with Crippen molar-refractivity contribution < 1.29 is 4.42 Å². The van der Waals surface area contributed by atoms with E-state index in [1.165, 1.54) is 108 Å². The Labute approximate surface area is 616 Å². The van der Waals surface area contributed by atoms with E-state index in [1.54, 1.807) is 0 Å². The molecule has 0 radical (unpaired) electrons. The minimum absolute atomic E-state index is 0.354. The second-order valence-electron chi connectivity index (χ2n) is 27.8. The summed E-state index contributed by atoms with van der Waals surface area (Å²) in [5.41, 5.74) is 26.6. The Balaban J connectivity index is 0.000000136. The largest absolute Gasteiger partial charge is 0.455 e. The maximum atomic E-state index is 6.73. The highest BCUT2D eigenvalue weighted by atomic mass is 32.1. The molecular formula is C100H62N4OS. The molecule has 14 aromatic carbocycles. The zero-order valence-electron chi connectivity index (χ0n) is 57.4. The lowest BCUT2D eigenvalue weighted by atomic mass is 9.63. The van der Waals surface area contributed by atoms with E-state index >= 15 is 0 Å². The molecule has 4 heterocycles. The minimum Gasteiger partial charge on any atom is -0.455 e. The number of thiophene rings is 1. The average Bonchev–Trinajstić information content (AvgIpc) is 1.25. The Hall–Kier alpha value is -13.5. The molecule has 6 heteroatoms. The third kappa shape index (κ3) is 10.4. The molecule has 18 aromatic rings. The maximum Gasteiger partial charge on any atom is 0.160 e. The van der Waals surface area contributed by atoms with Crippen LogP contribution in [0.2, 0.25) is 0 Å². The monoisotopic (exact) mass is 1370 g/mol. The van der Waals surface area contributed by atoms with Gasteiger partial charge in [-0.3, -0.25) is 0 Å². The molecule has 0 N–H and O–H groups in total. The van der Waals surface area contributed by atoms with Crippen molar-refractivity contribution in [2.45, 2.75) is 0 Å². The van der Waals surface area contributed by atoms with E-state index in [0.717, 1.165) is 95.0 Å². The van der Waals surface area contributed by atoms with Crippen molar-refractivity contribution >= 4 is 91.3 Å². The van der Waals surface area contributed by atoms with Crippen LogP contribution in [0.15, 0.2) is 391 Å². The second-order valence-corrected chi connectivity index (χ2v) is 28.8. The number of aromatic nitrogens is 4. The van der Waals surface area contributed by atoms with Gasteiger partial charge in [0, 0.05) is 76.2 Å². The molecule has 5 nitrogen and oxygen atoms in total. The van der Waals surface area contributed by atoms with Gasteiger partial charge in [-0.05, 0) is 129 Å². The van der Waals surface area contributed by atoms with Gasteiger partial charge in [0.2, 0.25) is 0 Å². The molecule has 0 saturated carbocycles. The van der Waals surface area contributed by atoms with Crippen LogP contribution < -0.4 is 0 Å². The van der Waals surface area contributed by atoms with Crippen LogP contribution in [0.4, 0.5) is 0 Å². The molecule has 0 spiro atoms. The summed E-state index contributed by atoms with van der Waals surface area (Å²) in [6.45, 7) is 0. The first-order valence-electron chi connectivity index (χ1n) is 36.2. The number of para-hydroxylation sites is 1. The van der Waals surface area contributed by atoms with E-state index in [2.05, 4.69) is 297 Å². The van der Waals surface area contributed by atoms with E-state index in [1.807, 2.05) is 78.1 Å². The van der Waals surface area contributed by atoms with E-state index in [-0.39, 0.29) is 0 Å². The SMILES string of the molecule is C1=CC2=CC=C3C=CC(c4ccc(-c5ccc(-c6cc(-c7ccccc7)nc(-c7ccccc7)n6)c6oc7ccccc7c56)cc4)=C4C=CC(=C1)C2C34.c1ccc(-c2cc(-c3ccc(-c4ccc(-c5ccc6ccc7cccc8ccc5c6c78)cc4)c4c3sc3ccccc34)nc(-c3ccccc3)n2)cc1. The van der Waals surface area contributed by atoms with Gasteiger partial charge in [0.25, 0.3) is 0 Å². The predicted octanol–water partition coefficient (Wildman–Crippen LogP) is 26.6. The first-order chi connectivity index (χ1) is 52.5. The zero-order valence-corrected chi connectivity index (χ0v) is 58.2. The van der Waals surface area contributed by atoms with Crippen LogP contribution in [0.3, 0.4) is 0 Å². The third-order valence-corrected chi connectivity index (χ3v) is 23.0. The Kier molecular flexibility index (Phi) is 14.5. The molecule has 106 heavy (non-hydrogen) atoms. The molecule has 0 bridgehead atoms. The third-order valence-electron chi connectivity index (χ3n) is 21.8. The van der Waals surface area contributed by atoms with Gasteiger partial charge >= 0.3 is 0 Å². The van der Waals surface area contributed by atoms with Crippen molar-refractivity contribution in [2.75, 3.05) is 0 Å². The molecule has 2 unspecified atom stereocenters. The molecule has 494 valence electrons. The summed E-state index contributed by atoms with van der Waals surface area (Å²) < 4.78 is 9.23. The van der Waals surface area contributed by atoms with E-state index in [9.17, 15) is 0 Å². The Morgan fingerprint density at radius 1 is 0.283 bits per heavy atom. The van der Waals surface area contributed by atoms with Crippen molar-refractivity contribution in [1.29, 1.82) is 0 Å². The smallest absolute Gasteiger partial charge is 0.160 e. The topological polar surface area (TPSA) is 64.7 Å². The highest BCUT2D eigenvalue weighted by Crippen LogP contribution is 2.52. The summed E-state index contributed by atoms with van der Waals surface area (Å²) in [4.78, 5) is 20.5. The predicted molar refractivity (Wildman–Crippen MR) is 442 cm³/mol. The highest BCUT2D eigenvalue weighted by Gasteiger charge is 2.38. The molecule has 2 atom stereocenters. The molecule has 0 amide bonds. The van der Waals surface area contributed by atoms with Gasteiger partial charge in [-0.1, -0.05) is 334 Å². The van der Waals surface area contributed by atoms with Crippen LogP contribution in [0.25, 0.3) is 181 Å². The summed E-state index contributed by atoms with van der Waals surface area (Å²) in [6.07, 6.45) is 20.6. The van der Waals surface area contributed by atoms with Gasteiger partial charge in [-0.2, -0.15) is 0 Å². The number of hydrogen-bond acceptors (Lipinski definition) is 6. The number of allylic oxidation sites excluding steroid dienone is 14. The fourth-order valence-corrected chi connectivity index (χ4v) is 18.0. The quantitative estimate of drug-likeness (QED) is 0.128. The van der Waals surface area contributed by atoms with Gasteiger partial charge in [-0.25, -0.2) is 19.9 Å². The van der Waals surface area contributed by atoms with Crippen LogP contribution in [-0.2, 0) is 0 Å². The lowest BCUT2D eigenvalue weighted by molar-refractivity contribution is 0.566. The van der Waals surface area contributed by atoms with Gasteiger partial charge in [0.15, 0.2) is 11.6 Å². The van der Waals surface area contributed by atoms with Crippen LogP contribution in [0, 0.1) is 11.8 Å². The maximum absolute atomic E-state index is 6.73. The summed E-state index contributed by atoms with van der Waals surface area (Å²) in [5, 5.41) is 12.6. The molecule has 4 aliphatic carbocycles. The van der Waals surface area contributed by atoms with E-state index < -0.39 is 0 Å². The van der Waals surface area contributed by atoms with Crippen molar-refractivity contribution in [1.82, 2.24) is 19.9 Å². The van der Waals surface area contributed by atoms with Crippen molar-refractivity contribution in [3.8, 4) is 101 Å². The van der Waals surface area contributed by atoms with Crippen LogP contribution in [0.5, 0.6) is 0 Å². The van der Waals surface area contributed by atoms with Gasteiger partial charge in [0.1, 0.15) is 11.2 Å². The first-order valence-corrected chi connectivity index (χ1v) is 37.0. The highest BCUT2D eigenvalue weighted by molar-refractivity contribution is 7.26. The standard InChI is InChI=1S/C50H32N2O.C50H30N2S/c2*1-3-10-33(11-4-1)43-30-44(52-50(51-43)37-12-5-2-6-13-37)41-29-28-39(48-42-16-7-8-17-45(42)53-49(41)48)32-20-18-31(19-21-32)38-26-24-36-23-22-34-14-9-15-35-25-27-40(38)47(36)46(34)35/h1-30,46-47H;1-30H. The Bertz CT molecular complexity index is 6700. The van der Waals surface area contributed by atoms with Gasteiger partial charge in [-0.15, -0.1) is 11.3 Å². The number of hydrogen-bond donors (Lipinski definition) is 0. The number of rotatable bonds is 10.